The zero-order valence-corrected chi connectivity index (χ0v) is 13.1. The molecule has 0 N–H and O–H groups in total. The fourth-order valence-electron chi connectivity index (χ4n) is 4.67. The Morgan fingerprint density at radius 3 is 2.59 bits per heavy atom. The molecule has 1 atom stereocenters. The largest absolute Gasteiger partial charge is 0.298 e. The smallest absolute Gasteiger partial charge is 0.0312 e. The number of nitrogens with zero attached hydrogens (tertiary/aromatic N) is 2. The van der Waals surface area contributed by atoms with Crippen LogP contribution in [0.5, 0.6) is 0 Å². The molecular weight excluding hydrogens is 268 g/mol. The van der Waals surface area contributed by atoms with Crippen LogP contribution in [0.1, 0.15) is 42.7 Å². The summed E-state index contributed by atoms with van der Waals surface area (Å²) in [5, 5.41) is 0. The normalized spacial score (nSPS) is 24.1. The van der Waals surface area contributed by atoms with Crippen molar-refractivity contribution in [1.29, 1.82) is 0 Å². The summed E-state index contributed by atoms with van der Waals surface area (Å²) in [5.74, 6) is 0.702. The highest BCUT2D eigenvalue weighted by molar-refractivity contribution is 5.26. The highest BCUT2D eigenvalue weighted by atomic mass is 15.2. The van der Waals surface area contributed by atoms with Crippen LogP contribution in [0.2, 0.25) is 0 Å². The van der Waals surface area contributed by atoms with E-state index in [-0.39, 0.29) is 0 Å². The van der Waals surface area contributed by atoms with E-state index in [0.29, 0.717) is 11.3 Å². The number of hydrogen-bond acceptors (Lipinski definition) is 2. The molecule has 4 rings (SSSR count). The molecule has 1 aromatic carbocycles. The zero-order chi connectivity index (χ0) is 14.8. The third kappa shape index (κ3) is 2.56. The van der Waals surface area contributed by atoms with Gasteiger partial charge in [-0.15, -0.1) is 0 Å². The molecular formula is C20H24N2. The van der Waals surface area contributed by atoms with Crippen LogP contribution >= 0.6 is 0 Å². The summed E-state index contributed by atoms with van der Waals surface area (Å²) in [6, 6.07) is 15.4. The van der Waals surface area contributed by atoms with Gasteiger partial charge in [0.1, 0.15) is 0 Å². The number of benzene rings is 1. The SMILES string of the molecule is c1ccc(C2CN(Cc3cccnc3)CC23CCCC3)cc1. The van der Waals surface area contributed by atoms with E-state index < -0.39 is 0 Å². The second-order valence-corrected chi connectivity index (χ2v) is 7.06. The molecule has 22 heavy (non-hydrogen) atoms. The van der Waals surface area contributed by atoms with Gasteiger partial charge in [-0.05, 0) is 35.4 Å². The minimum absolute atomic E-state index is 0.517. The first-order chi connectivity index (χ1) is 10.9. The van der Waals surface area contributed by atoms with Crippen LogP contribution < -0.4 is 0 Å². The molecule has 2 aliphatic rings. The van der Waals surface area contributed by atoms with Gasteiger partial charge in [-0.1, -0.05) is 49.2 Å². The van der Waals surface area contributed by atoms with Crippen LogP contribution in [-0.2, 0) is 6.54 Å². The molecule has 1 saturated heterocycles. The first-order valence-electron chi connectivity index (χ1n) is 8.52. The van der Waals surface area contributed by atoms with Crippen LogP contribution in [0.4, 0.5) is 0 Å². The lowest BCUT2D eigenvalue weighted by atomic mass is 9.73. The van der Waals surface area contributed by atoms with Gasteiger partial charge in [-0.3, -0.25) is 9.88 Å². The quantitative estimate of drug-likeness (QED) is 0.841. The zero-order valence-electron chi connectivity index (χ0n) is 13.1. The monoisotopic (exact) mass is 292 g/mol. The molecule has 2 fully saturated rings. The predicted octanol–water partition coefficient (Wildman–Crippen LogP) is 4.24. The lowest BCUT2D eigenvalue weighted by molar-refractivity contribution is 0.247. The molecule has 1 spiro atoms. The maximum Gasteiger partial charge on any atom is 0.0312 e. The Kier molecular flexibility index (Phi) is 3.71. The van der Waals surface area contributed by atoms with Crippen LogP contribution in [0, 0.1) is 5.41 Å². The van der Waals surface area contributed by atoms with Gasteiger partial charge in [0.25, 0.3) is 0 Å². The van der Waals surface area contributed by atoms with Gasteiger partial charge in [-0.2, -0.15) is 0 Å². The van der Waals surface area contributed by atoms with Crippen LogP contribution in [-0.4, -0.2) is 23.0 Å². The minimum atomic E-state index is 0.517. The lowest BCUT2D eigenvalue weighted by Gasteiger charge is -2.30. The van der Waals surface area contributed by atoms with Crippen molar-refractivity contribution in [3.05, 3.63) is 66.0 Å². The topological polar surface area (TPSA) is 16.1 Å². The Balaban J connectivity index is 1.58. The summed E-state index contributed by atoms with van der Waals surface area (Å²) in [4.78, 5) is 6.92. The van der Waals surface area contributed by atoms with E-state index in [0.717, 1.165) is 6.54 Å². The fraction of sp³-hybridized carbons (Fsp3) is 0.450. The van der Waals surface area contributed by atoms with Gasteiger partial charge in [0.05, 0.1) is 0 Å². The van der Waals surface area contributed by atoms with Crippen molar-refractivity contribution < 1.29 is 0 Å². The molecule has 0 bridgehead atoms. The second-order valence-electron chi connectivity index (χ2n) is 7.06. The highest BCUT2D eigenvalue weighted by Crippen LogP contribution is 2.53. The number of aromatic nitrogens is 1. The predicted molar refractivity (Wildman–Crippen MR) is 89.6 cm³/mol. The van der Waals surface area contributed by atoms with E-state index in [4.69, 9.17) is 0 Å². The minimum Gasteiger partial charge on any atom is -0.298 e. The summed E-state index contributed by atoms with van der Waals surface area (Å²) >= 11 is 0. The van der Waals surface area contributed by atoms with Crippen molar-refractivity contribution in [1.82, 2.24) is 9.88 Å². The number of pyridine rings is 1. The Morgan fingerprint density at radius 2 is 1.86 bits per heavy atom. The third-order valence-electron chi connectivity index (χ3n) is 5.65. The van der Waals surface area contributed by atoms with Gasteiger partial charge in [-0.25, -0.2) is 0 Å². The molecule has 1 unspecified atom stereocenters. The summed E-state index contributed by atoms with van der Waals surface area (Å²) in [7, 11) is 0. The molecule has 0 radical (unpaired) electrons. The molecule has 1 aromatic heterocycles. The lowest BCUT2D eigenvalue weighted by Crippen LogP contribution is -2.26. The molecule has 2 heterocycles. The summed E-state index contributed by atoms with van der Waals surface area (Å²) < 4.78 is 0. The fourth-order valence-corrected chi connectivity index (χ4v) is 4.67. The standard InChI is InChI=1S/C20H24N2/c1-2-8-18(9-3-1)19-15-22(14-17-7-6-12-21-13-17)16-20(19)10-4-5-11-20/h1-3,6-9,12-13,19H,4-5,10-11,14-16H2. The Labute approximate surface area is 133 Å². The van der Waals surface area contributed by atoms with Gasteiger partial charge in [0.15, 0.2) is 0 Å². The molecule has 0 amide bonds. The van der Waals surface area contributed by atoms with Crippen molar-refractivity contribution in [2.45, 2.75) is 38.1 Å². The van der Waals surface area contributed by atoms with E-state index in [2.05, 4.69) is 46.3 Å². The summed E-state index contributed by atoms with van der Waals surface area (Å²) in [6.07, 6.45) is 9.48. The van der Waals surface area contributed by atoms with Crippen molar-refractivity contribution in [2.75, 3.05) is 13.1 Å². The van der Waals surface area contributed by atoms with Crippen LogP contribution in [0.25, 0.3) is 0 Å². The van der Waals surface area contributed by atoms with Gasteiger partial charge in [0.2, 0.25) is 0 Å². The molecule has 114 valence electrons. The average Bonchev–Trinajstić information content (AvgIpc) is 3.17. The highest BCUT2D eigenvalue weighted by Gasteiger charge is 2.48. The average molecular weight is 292 g/mol. The molecule has 2 heteroatoms. The van der Waals surface area contributed by atoms with Gasteiger partial charge in [0, 0.05) is 37.9 Å². The molecule has 1 aliphatic heterocycles. The van der Waals surface area contributed by atoms with Gasteiger partial charge < -0.3 is 0 Å². The van der Waals surface area contributed by atoms with Crippen molar-refractivity contribution in [2.24, 2.45) is 5.41 Å². The maximum absolute atomic E-state index is 4.27. The number of likely N-dealkylation sites (tertiary alicyclic amines) is 1. The Hall–Kier alpha value is -1.67. The Bertz CT molecular complexity index is 602. The van der Waals surface area contributed by atoms with E-state index in [1.807, 2.05) is 18.5 Å². The summed E-state index contributed by atoms with van der Waals surface area (Å²) in [5.41, 5.74) is 3.39. The maximum atomic E-state index is 4.27. The third-order valence-corrected chi connectivity index (χ3v) is 5.65. The molecule has 1 saturated carbocycles. The van der Waals surface area contributed by atoms with E-state index >= 15 is 0 Å². The van der Waals surface area contributed by atoms with E-state index in [1.54, 1.807) is 0 Å². The van der Waals surface area contributed by atoms with E-state index in [1.165, 1.54) is 49.9 Å². The first kappa shape index (κ1) is 14.0. The number of hydrogen-bond donors (Lipinski definition) is 0. The van der Waals surface area contributed by atoms with Crippen LogP contribution in [0.15, 0.2) is 54.9 Å². The molecule has 2 aromatic rings. The molecule has 2 nitrogen and oxygen atoms in total. The first-order valence-corrected chi connectivity index (χ1v) is 8.52. The summed E-state index contributed by atoms with van der Waals surface area (Å²) in [6.45, 7) is 3.49. The van der Waals surface area contributed by atoms with E-state index in [9.17, 15) is 0 Å². The van der Waals surface area contributed by atoms with Crippen molar-refractivity contribution in [3.63, 3.8) is 0 Å². The Morgan fingerprint density at radius 1 is 1.05 bits per heavy atom. The van der Waals surface area contributed by atoms with Crippen molar-refractivity contribution in [3.8, 4) is 0 Å². The van der Waals surface area contributed by atoms with Crippen LogP contribution in [0.3, 0.4) is 0 Å². The second kappa shape index (κ2) is 5.85. The van der Waals surface area contributed by atoms with Gasteiger partial charge >= 0.3 is 0 Å². The number of rotatable bonds is 3. The molecule has 1 aliphatic carbocycles. The van der Waals surface area contributed by atoms with Crippen molar-refractivity contribution >= 4 is 0 Å².